The van der Waals surface area contributed by atoms with Crippen molar-refractivity contribution in [1.29, 1.82) is 0 Å². The molecule has 1 aliphatic heterocycles. The van der Waals surface area contributed by atoms with Gasteiger partial charge in [0.25, 0.3) is 5.91 Å². The van der Waals surface area contributed by atoms with Crippen molar-refractivity contribution in [3.8, 4) is 0 Å². The van der Waals surface area contributed by atoms with Gasteiger partial charge in [0.15, 0.2) is 0 Å². The van der Waals surface area contributed by atoms with Crippen molar-refractivity contribution in [2.45, 2.75) is 18.9 Å². The summed E-state index contributed by atoms with van der Waals surface area (Å²) in [5, 5.41) is 3.14. The van der Waals surface area contributed by atoms with Crippen LogP contribution in [0.1, 0.15) is 12.0 Å². The predicted molar refractivity (Wildman–Crippen MR) is 125 cm³/mol. The van der Waals surface area contributed by atoms with Crippen LogP contribution < -0.4 is 10.2 Å². The summed E-state index contributed by atoms with van der Waals surface area (Å²) >= 11 is 5.95. The second-order valence-corrected chi connectivity index (χ2v) is 8.07. The van der Waals surface area contributed by atoms with Crippen molar-refractivity contribution >= 4 is 40.8 Å². The molecule has 0 saturated carbocycles. The molecule has 4 rings (SSSR count). The molecule has 4 amide bonds. The van der Waals surface area contributed by atoms with Crippen molar-refractivity contribution in [3.63, 3.8) is 0 Å². The molecule has 168 valence electrons. The van der Waals surface area contributed by atoms with E-state index in [-0.39, 0.29) is 13.0 Å². The topological polar surface area (TPSA) is 69.7 Å². The molecule has 3 aromatic rings. The molecular weight excluding hydrogens is 445 g/mol. The van der Waals surface area contributed by atoms with Crippen molar-refractivity contribution in [2.24, 2.45) is 0 Å². The zero-order valence-electron chi connectivity index (χ0n) is 17.6. The van der Waals surface area contributed by atoms with Gasteiger partial charge in [-0.05, 0) is 60.5 Å². The van der Waals surface area contributed by atoms with Crippen molar-refractivity contribution in [2.75, 3.05) is 16.8 Å². The highest BCUT2D eigenvalue weighted by molar-refractivity contribution is 6.30. The maximum Gasteiger partial charge on any atom is 0.332 e. The Morgan fingerprint density at radius 3 is 2.27 bits per heavy atom. The Hall–Kier alpha value is -3.71. The molecule has 0 spiro atoms. The van der Waals surface area contributed by atoms with Gasteiger partial charge >= 0.3 is 6.03 Å². The van der Waals surface area contributed by atoms with Gasteiger partial charge in [-0.25, -0.2) is 14.1 Å². The Labute approximate surface area is 195 Å². The number of hydrogen-bond acceptors (Lipinski definition) is 3. The van der Waals surface area contributed by atoms with E-state index in [0.717, 1.165) is 10.5 Å². The van der Waals surface area contributed by atoms with Gasteiger partial charge in [0.05, 0.1) is 12.1 Å². The zero-order valence-corrected chi connectivity index (χ0v) is 18.3. The van der Waals surface area contributed by atoms with E-state index in [0.29, 0.717) is 22.8 Å². The van der Waals surface area contributed by atoms with Crippen LogP contribution in [0, 0.1) is 5.82 Å². The number of nitrogens with zero attached hydrogens (tertiary/aromatic N) is 2. The molecule has 1 heterocycles. The standard InChI is InChI=1S/C25H21ClFN3O3/c26-18-6-12-21(13-7-18)30-24(32)22(16-23(31)28-20-10-8-19(27)9-11-20)29(25(30)33)15-14-17-4-2-1-3-5-17/h1-13,22H,14-16H2,(H,28,31). The average Bonchev–Trinajstić information content (AvgIpc) is 3.04. The minimum atomic E-state index is -0.961. The molecule has 33 heavy (non-hydrogen) atoms. The molecule has 3 aromatic carbocycles. The minimum absolute atomic E-state index is 0.221. The van der Waals surface area contributed by atoms with Gasteiger partial charge in [-0.3, -0.25) is 9.59 Å². The van der Waals surface area contributed by atoms with E-state index >= 15 is 0 Å². The molecule has 1 N–H and O–H groups in total. The van der Waals surface area contributed by atoms with Gasteiger partial charge in [-0.2, -0.15) is 0 Å². The van der Waals surface area contributed by atoms with Crippen LogP contribution in [0.4, 0.5) is 20.6 Å². The van der Waals surface area contributed by atoms with Gasteiger partial charge in [0.2, 0.25) is 5.91 Å². The highest BCUT2D eigenvalue weighted by atomic mass is 35.5. The van der Waals surface area contributed by atoms with Crippen LogP contribution in [0.25, 0.3) is 0 Å². The third-order valence-corrected chi connectivity index (χ3v) is 5.65. The van der Waals surface area contributed by atoms with Gasteiger partial charge in [0, 0.05) is 17.3 Å². The number of halogens is 2. The van der Waals surface area contributed by atoms with Crippen LogP contribution in [0.5, 0.6) is 0 Å². The summed E-state index contributed by atoms with van der Waals surface area (Å²) in [5.41, 5.74) is 1.81. The maximum absolute atomic E-state index is 13.3. The normalized spacial score (nSPS) is 15.8. The van der Waals surface area contributed by atoms with Gasteiger partial charge in [-0.15, -0.1) is 0 Å². The number of urea groups is 1. The molecule has 0 aromatic heterocycles. The van der Waals surface area contributed by atoms with E-state index in [2.05, 4.69) is 5.32 Å². The van der Waals surface area contributed by atoms with E-state index < -0.39 is 29.7 Å². The second kappa shape index (κ2) is 9.83. The Morgan fingerprint density at radius 1 is 0.939 bits per heavy atom. The first-order valence-electron chi connectivity index (χ1n) is 10.4. The van der Waals surface area contributed by atoms with E-state index in [4.69, 9.17) is 11.6 Å². The summed E-state index contributed by atoms with van der Waals surface area (Å²) in [6.45, 7) is 0.271. The summed E-state index contributed by atoms with van der Waals surface area (Å²) < 4.78 is 13.1. The number of carbonyl (C=O) groups excluding carboxylic acids is 3. The third kappa shape index (κ3) is 5.21. The molecule has 0 radical (unpaired) electrons. The SMILES string of the molecule is O=C(CC1C(=O)N(c2ccc(Cl)cc2)C(=O)N1CCc1ccccc1)Nc1ccc(F)cc1. The first-order valence-corrected chi connectivity index (χ1v) is 10.8. The van der Waals surface area contributed by atoms with Crippen LogP contribution >= 0.6 is 11.6 Å². The zero-order chi connectivity index (χ0) is 23.4. The predicted octanol–water partition coefficient (Wildman–Crippen LogP) is 4.89. The fourth-order valence-electron chi connectivity index (χ4n) is 3.73. The largest absolute Gasteiger partial charge is 0.332 e. The number of benzene rings is 3. The molecular formula is C25H21ClFN3O3. The summed E-state index contributed by atoms with van der Waals surface area (Å²) in [4.78, 5) is 41.7. The molecule has 0 bridgehead atoms. The van der Waals surface area contributed by atoms with Crippen molar-refractivity contribution in [3.05, 3.63) is 95.3 Å². The van der Waals surface area contributed by atoms with Crippen LogP contribution in [0.2, 0.25) is 5.02 Å². The lowest BCUT2D eigenvalue weighted by Crippen LogP contribution is -2.39. The minimum Gasteiger partial charge on any atom is -0.326 e. The van der Waals surface area contributed by atoms with Crippen molar-refractivity contribution in [1.82, 2.24) is 4.90 Å². The number of nitrogens with one attached hydrogen (secondary N) is 1. The Morgan fingerprint density at radius 2 is 1.61 bits per heavy atom. The van der Waals surface area contributed by atoms with Crippen LogP contribution in [-0.4, -0.2) is 35.3 Å². The summed E-state index contributed by atoms with van der Waals surface area (Å²) in [7, 11) is 0. The number of amides is 4. The van der Waals surface area contributed by atoms with Crippen LogP contribution in [-0.2, 0) is 16.0 Å². The van der Waals surface area contributed by atoms with E-state index in [1.807, 2.05) is 30.3 Å². The molecule has 1 unspecified atom stereocenters. The summed E-state index contributed by atoms with van der Waals surface area (Å²) in [5.74, 6) is -1.35. The number of imide groups is 1. The van der Waals surface area contributed by atoms with E-state index in [1.165, 1.54) is 29.2 Å². The molecule has 1 saturated heterocycles. The van der Waals surface area contributed by atoms with E-state index in [9.17, 15) is 18.8 Å². The average molecular weight is 466 g/mol. The highest BCUT2D eigenvalue weighted by Crippen LogP contribution is 2.28. The first-order chi connectivity index (χ1) is 15.9. The lowest BCUT2D eigenvalue weighted by Gasteiger charge is -2.21. The summed E-state index contributed by atoms with van der Waals surface area (Å²) in [6.07, 6.45) is 0.311. The third-order valence-electron chi connectivity index (χ3n) is 5.39. The van der Waals surface area contributed by atoms with Gasteiger partial charge in [-0.1, -0.05) is 41.9 Å². The number of anilines is 2. The fourth-order valence-corrected chi connectivity index (χ4v) is 3.86. The number of hydrogen-bond donors (Lipinski definition) is 1. The molecule has 6 nitrogen and oxygen atoms in total. The second-order valence-electron chi connectivity index (χ2n) is 7.64. The Balaban J connectivity index is 1.55. The van der Waals surface area contributed by atoms with Crippen molar-refractivity contribution < 1.29 is 18.8 Å². The molecule has 8 heteroatoms. The number of rotatable bonds is 7. The van der Waals surface area contributed by atoms with Gasteiger partial charge in [0.1, 0.15) is 11.9 Å². The smallest absolute Gasteiger partial charge is 0.326 e. The lowest BCUT2D eigenvalue weighted by molar-refractivity contribution is -0.124. The lowest BCUT2D eigenvalue weighted by atomic mass is 10.1. The molecule has 0 aliphatic carbocycles. The molecule has 1 aliphatic rings. The Kier molecular flexibility index (Phi) is 6.70. The fraction of sp³-hybridized carbons (Fsp3) is 0.160. The highest BCUT2D eigenvalue weighted by Gasteiger charge is 2.46. The first kappa shape index (κ1) is 22.5. The van der Waals surface area contributed by atoms with Gasteiger partial charge < -0.3 is 10.2 Å². The van der Waals surface area contributed by atoms with Crippen LogP contribution in [0.3, 0.4) is 0 Å². The Bertz CT molecular complexity index is 1150. The number of carbonyl (C=O) groups is 3. The summed E-state index contributed by atoms with van der Waals surface area (Å²) in [6, 6.07) is 19.8. The van der Waals surface area contributed by atoms with E-state index in [1.54, 1.807) is 24.3 Å². The maximum atomic E-state index is 13.3. The monoisotopic (exact) mass is 465 g/mol. The quantitative estimate of drug-likeness (QED) is 0.505. The molecule has 1 fully saturated rings. The van der Waals surface area contributed by atoms with Crippen LogP contribution in [0.15, 0.2) is 78.9 Å². The molecule has 1 atom stereocenters.